The lowest BCUT2D eigenvalue weighted by Gasteiger charge is -2.39. The SMILES string of the molecule is COOCC1=C(C)N(CC(=O)C(=O)C(C)(C)N=O)C(COCCN)=C(C(=O)OC)C1c1ccccc1Cl. The van der Waals surface area contributed by atoms with Crippen molar-refractivity contribution in [2.75, 3.05) is 47.1 Å². The summed E-state index contributed by atoms with van der Waals surface area (Å²) in [6.07, 6.45) is 0. The second-order valence-corrected chi connectivity index (χ2v) is 9.08. The molecule has 2 N–H and O–H groups in total. The highest BCUT2D eigenvalue weighted by Crippen LogP contribution is 2.44. The summed E-state index contributed by atoms with van der Waals surface area (Å²) in [5.41, 5.74) is 5.87. The van der Waals surface area contributed by atoms with Crippen molar-refractivity contribution in [2.45, 2.75) is 32.2 Å². The summed E-state index contributed by atoms with van der Waals surface area (Å²) in [6, 6.07) is 6.97. The quantitative estimate of drug-likeness (QED) is 0.0937. The average Bonchev–Trinajstić information content (AvgIpc) is 2.89. The van der Waals surface area contributed by atoms with Gasteiger partial charge in [0.25, 0.3) is 0 Å². The zero-order chi connectivity index (χ0) is 27.8. The fourth-order valence-corrected chi connectivity index (χ4v) is 4.24. The minimum atomic E-state index is -1.75. The van der Waals surface area contributed by atoms with Gasteiger partial charge < -0.3 is 20.1 Å². The van der Waals surface area contributed by atoms with Crippen molar-refractivity contribution >= 4 is 29.1 Å². The highest BCUT2D eigenvalue weighted by atomic mass is 35.5. The van der Waals surface area contributed by atoms with E-state index in [-0.39, 0.29) is 37.6 Å². The molecule has 1 atom stereocenters. The maximum atomic E-state index is 13.3. The van der Waals surface area contributed by atoms with Crippen LogP contribution < -0.4 is 5.73 Å². The molecule has 0 fully saturated rings. The minimum absolute atomic E-state index is 0.102. The first-order valence-corrected chi connectivity index (χ1v) is 11.8. The fourth-order valence-electron chi connectivity index (χ4n) is 4.00. The summed E-state index contributed by atoms with van der Waals surface area (Å²) >= 11 is 6.55. The summed E-state index contributed by atoms with van der Waals surface area (Å²) in [5.74, 6) is -3.30. The van der Waals surface area contributed by atoms with Crippen LogP contribution in [-0.2, 0) is 33.6 Å². The number of nitrogens with two attached hydrogens (primary N) is 1. The third-order valence-electron chi connectivity index (χ3n) is 5.94. The van der Waals surface area contributed by atoms with Gasteiger partial charge in [0.05, 0.1) is 45.2 Å². The lowest BCUT2D eigenvalue weighted by Crippen LogP contribution is -2.44. The van der Waals surface area contributed by atoms with E-state index in [4.69, 9.17) is 36.6 Å². The molecule has 1 unspecified atom stereocenters. The van der Waals surface area contributed by atoms with Crippen LogP contribution in [0.1, 0.15) is 32.3 Å². The van der Waals surface area contributed by atoms with Gasteiger partial charge in [0, 0.05) is 23.2 Å². The highest BCUT2D eigenvalue weighted by Gasteiger charge is 2.42. The molecule has 12 heteroatoms. The molecule has 0 spiro atoms. The molecule has 11 nitrogen and oxygen atoms in total. The van der Waals surface area contributed by atoms with Gasteiger partial charge in [-0.1, -0.05) is 35.0 Å². The summed E-state index contributed by atoms with van der Waals surface area (Å²) in [4.78, 5) is 61.7. The molecule has 1 heterocycles. The number of hydrogen-bond donors (Lipinski definition) is 1. The van der Waals surface area contributed by atoms with Crippen LogP contribution in [0.4, 0.5) is 0 Å². The van der Waals surface area contributed by atoms with Crippen molar-refractivity contribution < 1.29 is 33.6 Å². The van der Waals surface area contributed by atoms with Crippen molar-refractivity contribution in [1.29, 1.82) is 0 Å². The van der Waals surface area contributed by atoms with Crippen molar-refractivity contribution in [3.05, 3.63) is 62.3 Å². The minimum Gasteiger partial charge on any atom is -0.466 e. The summed E-state index contributed by atoms with van der Waals surface area (Å²) in [6.45, 7) is 3.88. The number of hydrogen-bond acceptors (Lipinski definition) is 11. The van der Waals surface area contributed by atoms with Crippen LogP contribution in [0.25, 0.3) is 0 Å². The maximum absolute atomic E-state index is 13.3. The number of nitrogens with zero attached hydrogens (tertiary/aromatic N) is 2. The molecule has 0 radical (unpaired) electrons. The van der Waals surface area contributed by atoms with Crippen molar-refractivity contribution in [1.82, 2.24) is 4.90 Å². The van der Waals surface area contributed by atoms with Crippen LogP contribution in [0.15, 0.2) is 52.0 Å². The smallest absolute Gasteiger partial charge is 0.336 e. The molecule has 0 aliphatic carbocycles. The topological polar surface area (TPSA) is 147 Å². The number of rotatable bonds is 14. The van der Waals surface area contributed by atoms with E-state index in [2.05, 4.69) is 5.18 Å². The summed E-state index contributed by atoms with van der Waals surface area (Å²) < 4.78 is 10.8. The first kappa shape index (κ1) is 30.3. The normalized spacial score (nSPS) is 16.2. The molecular formula is C25H32ClN3O8. The molecule has 1 aliphatic heterocycles. The van der Waals surface area contributed by atoms with E-state index >= 15 is 0 Å². The summed E-state index contributed by atoms with van der Waals surface area (Å²) in [5, 5.41) is 3.17. The van der Waals surface area contributed by atoms with Gasteiger partial charge in [0.1, 0.15) is 6.61 Å². The van der Waals surface area contributed by atoms with Gasteiger partial charge in [-0.2, -0.15) is 0 Å². The number of benzene rings is 1. The number of ether oxygens (including phenoxy) is 2. The second kappa shape index (κ2) is 13.5. The number of methoxy groups -OCH3 is 1. The summed E-state index contributed by atoms with van der Waals surface area (Å²) in [7, 11) is 2.56. The monoisotopic (exact) mass is 537 g/mol. The van der Waals surface area contributed by atoms with Gasteiger partial charge >= 0.3 is 5.97 Å². The van der Waals surface area contributed by atoms with Crippen molar-refractivity contribution in [3.8, 4) is 0 Å². The molecule has 37 heavy (non-hydrogen) atoms. The lowest BCUT2D eigenvalue weighted by atomic mass is 9.79. The Labute approximate surface area is 220 Å². The first-order chi connectivity index (χ1) is 17.5. The Hall–Kier alpha value is -2.96. The third-order valence-corrected chi connectivity index (χ3v) is 6.28. The van der Waals surface area contributed by atoms with Gasteiger partial charge in [-0.25, -0.2) is 14.6 Å². The van der Waals surface area contributed by atoms with Gasteiger partial charge in [-0.3, -0.25) is 9.59 Å². The number of Topliss-reactive ketones (excluding diaryl/α,β-unsaturated/α-hetero) is 2. The standard InChI is InChI=1S/C25H32ClN3O8/c1-15-17(13-37-35-5)21(16-8-6-7-9-18(16)26)22(24(32)34-4)19(14-36-11-10-27)29(15)12-20(30)23(31)25(2,3)28-33/h6-9,21H,10-14,27H2,1-5H3. The average molecular weight is 538 g/mol. The van der Waals surface area contributed by atoms with Crippen molar-refractivity contribution in [2.24, 2.45) is 10.9 Å². The molecule has 1 aromatic rings. The molecule has 1 aliphatic rings. The van der Waals surface area contributed by atoms with E-state index in [0.29, 0.717) is 21.9 Å². The van der Waals surface area contributed by atoms with Gasteiger partial charge in [-0.05, 0) is 38.0 Å². The van der Waals surface area contributed by atoms with Crippen LogP contribution in [0.2, 0.25) is 5.02 Å². The largest absolute Gasteiger partial charge is 0.466 e. The van der Waals surface area contributed by atoms with E-state index in [1.807, 2.05) is 0 Å². The van der Waals surface area contributed by atoms with Crippen LogP contribution in [0.3, 0.4) is 0 Å². The zero-order valence-electron chi connectivity index (χ0n) is 21.5. The van der Waals surface area contributed by atoms with Crippen LogP contribution in [0, 0.1) is 4.91 Å². The van der Waals surface area contributed by atoms with Crippen molar-refractivity contribution in [3.63, 3.8) is 0 Å². The Kier molecular flexibility index (Phi) is 11.1. The second-order valence-electron chi connectivity index (χ2n) is 8.68. The first-order valence-electron chi connectivity index (χ1n) is 11.4. The van der Waals surface area contributed by atoms with E-state index in [1.165, 1.54) is 33.0 Å². The van der Waals surface area contributed by atoms with E-state index < -0.39 is 35.5 Å². The fraction of sp³-hybridized carbons (Fsp3) is 0.480. The molecule has 202 valence electrons. The highest BCUT2D eigenvalue weighted by molar-refractivity contribution is 6.41. The molecule has 0 saturated heterocycles. The molecule has 2 rings (SSSR count). The number of nitroso groups, excluding NO2 is 1. The number of allylic oxidation sites excluding steroid dienone is 1. The van der Waals surface area contributed by atoms with Gasteiger partial charge in [0.2, 0.25) is 11.6 Å². The Morgan fingerprint density at radius 2 is 1.84 bits per heavy atom. The predicted octanol–water partition coefficient (Wildman–Crippen LogP) is 2.68. The van der Waals surface area contributed by atoms with E-state index in [0.717, 1.165) is 0 Å². The predicted molar refractivity (Wildman–Crippen MR) is 135 cm³/mol. The van der Waals surface area contributed by atoms with Gasteiger partial charge in [-0.15, -0.1) is 4.91 Å². The Bertz CT molecular complexity index is 1100. The lowest BCUT2D eigenvalue weighted by molar-refractivity contribution is -0.265. The van der Waals surface area contributed by atoms with E-state index in [9.17, 15) is 19.3 Å². The Morgan fingerprint density at radius 1 is 1.16 bits per heavy atom. The number of ketones is 2. The molecule has 0 amide bonds. The molecule has 0 aromatic heterocycles. The number of esters is 1. The number of carbonyl (C=O) groups excluding carboxylic acids is 3. The van der Waals surface area contributed by atoms with Crippen LogP contribution >= 0.6 is 11.6 Å². The van der Waals surface area contributed by atoms with Crippen LogP contribution in [-0.4, -0.2) is 75.1 Å². The van der Waals surface area contributed by atoms with E-state index in [1.54, 1.807) is 31.2 Å². The molecule has 1 aromatic carbocycles. The molecular weight excluding hydrogens is 506 g/mol. The maximum Gasteiger partial charge on any atom is 0.336 e. The number of carbonyl (C=O) groups is 3. The Morgan fingerprint density at radius 3 is 2.41 bits per heavy atom. The zero-order valence-corrected chi connectivity index (χ0v) is 22.3. The number of halogens is 1. The third kappa shape index (κ3) is 6.88. The molecule has 0 saturated carbocycles. The Balaban J connectivity index is 2.79. The van der Waals surface area contributed by atoms with Gasteiger partial charge in [0.15, 0.2) is 5.54 Å². The molecule has 0 bridgehead atoms. The van der Waals surface area contributed by atoms with Crippen LogP contribution in [0.5, 0.6) is 0 Å².